The van der Waals surface area contributed by atoms with Crippen LogP contribution in [0, 0.1) is 0 Å². The van der Waals surface area contributed by atoms with Crippen molar-refractivity contribution in [3.8, 4) is 0 Å². The summed E-state index contributed by atoms with van der Waals surface area (Å²) in [5.74, 6) is -0.611. The van der Waals surface area contributed by atoms with Gasteiger partial charge in [-0.15, -0.1) is 0 Å². The Kier molecular flexibility index (Phi) is 2.79. The number of hydrogen-bond donors (Lipinski definition) is 0. The highest BCUT2D eigenvalue weighted by molar-refractivity contribution is 6.31. The molecule has 88 valence electrons. The maximum atomic E-state index is 11.7. The largest absolute Gasteiger partial charge is 0.269 e. The van der Waals surface area contributed by atoms with E-state index in [0.717, 1.165) is 5.56 Å². The number of halogens is 1. The maximum absolute atomic E-state index is 11.7. The van der Waals surface area contributed by atoms with Gasteiger partial charge in [-0.1, -0.05) is 29.8 Å². The number of rotatable bonds is 2. The molecule has 1 aliphatic heterocycles. The molecule has 0 bridgehead atoms. The Morgan fingerprint density at radius 2 is 1.59 bits per heavy atom. The number of amides is 2. The van der Waals surface area contributed by atoms with Crippen molar-refractivity contribution in [2.24, 2.45) is 0 Å². The molecule has 0 fully saturated rings. The fourth-order valence-corrected chi connectivity index (χ4v) is 2.40. The lowest BCUT2D eigenvalue weighted by atomic mass is 9.92. The van der Waals surface area contributed by atoms with Crippen molar-refractivity contribution < 1.29 is 9.59 Å². The van der Waals surface area contributed by atoms with E-state index in [9.17, 15) is 9.59 Å². The van der Waals surface area contributed by atoms with E-state index in [2.05, 4.69) is 0 Å². The standard InChI is InChI=1S/C13H12ClNO2/c1-13(2,9-5-3-4-6-10(9)14)15-11(16)7-8-12(15)17/h3-8H,1-2H3. The highest BCUT2D eigenvalue weighted by Crippen LogP contribution is 2.34. The Balaban J connectivity index is 2.47. The van der Waals surface area contributed by atoms with Gasteiger partial charge in [0.15, 0.2) is 0 Å². The van der Waals surface area contributed by atoms with E-state index in [1.807, 2.05) is 18.2 Å². The van der Waals surface area contributed by atoms with Gasteiger partial charge >= 0.3 is 0 Å². The molecule has 4 heteroatoms. The molecule has 1 heterocycles. The van der Waals surface area contributed by atoms with Crippen molar-refractivity contribution in [1.82, 2.24) is 4.90 Å². The SMILES string of the molecule is CC(C)(c1ccccc1Cl)N1C(=O)C=CC1=O. The second-order valence-electron chi connectivity index (χ2n) is 4.38. The van der Waals surface area contributed by atoms with Crippen molar-refractivity contribution in [3.63, 3.8) is 0 Å². The van der Waals surface area contributed by atoms with Crippen molar-refractivity contribution in [2.75, 3.05) is 0 Å². The summed E-state index contributed by atoms with van der Waals surface area (Å²) in [6.45, 7) is 3.61. The molecule has 0 spiro atoms. The molecular weight excluding hydrogens is 238 g/mol. The molecule has 0 saturated heterocycles. The van der Waals surface area contributed by atoms with Crippen LogP contribution in [0.3, 0.4) is 0 Å². The first-order valence-electron chi connectivity index (χ1n) is 5.26. The zero-order chi connectivity index (χ0) is 12.6. The number of benzene rings is 1. The van der Waals surface area contributed by atoms with Crippen molar-refractivity contribution >= 4 is 23.4 Å². The van der Waals surface area contributed by atoms with Gasteiger partial charge in [0.1, 0.15) is 0 Å². The van der Waals surface area contributed by atoms with E-state index >= 15 is 0 Å². The smallest absolute Gasteiger partial charge is 0.254 e. The van der Waals surface area contributed by atoms with Crippen LogP contribution in [0.4, 0.5) is 0 Å². The predicted octanol–water partition coefficient (Wildman–Crippen LogP) is 2.50. The minimum atomic E-state index is -0.754. The van der Waals surface area contributed by atoms with Gasteiger partial charge in [-0.3, -0.25) is 14.5 Å². The lowest BCUT2D eigenvalue weighted by Gasteiger charge is -2.34. The highest BCUT2D eigenvalue weighted by Gasteiger charge is 2.39. The second kappa shape index (κ2) is 4.00. The van der Waals surface area contributed by atoms with E-state index in [4.69, 9.17) is 11.6 Å². The minimum absolute atomic E-state index is 0.306. The zero-order valence-corrected chi connectivity index (χ0v) is 10.4. The Morgan fingerprint density at radius 3 is 2.12 bits per heavy atom. The molecule has 0 unspecified atom stereocenters. The first-order valence-corrected chi connectivity index (χ1v) is 5.63. The normalized spacial score (nSPS) is 15.8. The molecule has 0 aromatic heterocycles. The average molecular weight is 250 g/mol. The molecule has 1 aliphatic rings. The Hall–Kier alpha value is -1.61. The molecule has 2 rings (SSSR count). The fraction of sp³-hybridized carbons (Fsp3) is 0.231. The van der Waals surface area contributed by atoms with Crippen LogP contribution in [0.1, 0.15) is 19.4 Å². The molecule has 0 atom stereocenters. The van der Waals surface area contributed by atoms with Gasteiger partial charge in [0.05, 0.1) is 5.54 Å². The predicted molar refractivity (Wildman–Crippen MR) is 65.5 cm³/mol. The van der Waals surface area contributed by atoms with E-state index in [1.54, 1.807) is 19.9 Å². The fourth-order valence-electron chi connectivity index (χ4n) is 2.03. The summed E-state index contributed by atoms with van der Waals surface area (Å²) in [6.07, 6.45) is 2.56. The van der Waals surface area contributed by atoms with E-state index < -0.39 is 5.54 Å². The number of carbonyl (C=O) groups excluding carboxylic acids is 2. The number of hydrogen-bond acceptors (Lipinski definition) is 2. The monoisotopic (exact) mass is 249 g/mol. The minimum Gasteiger partial charge on any atom is -0.269 e. The van der Waals surface area contributed by atoms with Crippen molar-refractivity contribution in [1.29, 1.82) is 0 Å². The lowest BCUT2D eigenvalue weighted by molar-refractivity contribution is -0.143. The third kappa shape index (κ3) is 1.87. The summed E-state index contributed by atoms with van der Waals surface area (Å²) in [4.78, 5) is 24.6. The number of imide groups is 1. The molecule has 2 amide bonds. The van der Waals surface area contributed by atoms with Gasteiger partial charge < -0.3 is 0 Å². The van der Waals surface area contributed by atoms with E-state index in [-0.39, 0.29) is 11.8 Å². The number of nitrogens with zero attached hydrogens (tertiary/aromatic N) is 1. The summed E-state index contributed by atoms with van der Waals surface area (Å²) in [6, 6.07) is 7.22. The number of carbonyl (C=O) groups is 2. The molecule has 17 heavy (non-hydrogen) atoms. The molecule has 0 N–H and O–H groups in total. The van der Waals surface area contributed by atoms with Crippen LogP contribution in [0.5, 0.6) is 0 Å². The van der Waals surface area contributed by atoms with Gasteiger partial charge in [0.25, 0.3) is 11.8 Å². The van der Waals surface area contributed by atoms with Gasteiger partial charge in [-0.05, 0) is 25.5 Å². The van der Waals surface area contributed by atoms with Crippen LogP contribution >= 0.6 is 11.6 Å². The van der Waals surface area contributed by atoms with Crippen molar-refractivity contribution in [3.05, 3.63) is 47.0 Å². The molecule has 1 aromatic rings. The van der Waals surface area contributed by atoms with Crippen LogP contribution in [-0.2, 0) is 15.1 Å². The highest BCUT2D eigenvalue weighted by atomic mass is 35.5. The first kappa shape index (κ1) is 11.9. The van der Waals surface area contributed by atoms with Crippen LogP contribution in [0.2, 0.25) is 5.02 Å². The lowest BCUT2D eigenvalue weighted by Crippen LogP contribution is -2.45. The van der Waals surface area contributed by atoms with Gasteiger partial charge in [-0.2, -0.15) is 0 Å². The van der Waals surface area contributed by atoms with Crippen LogP contribution in [0.15, 0.2) is 36.4 Å². The van der Waals surface area contributed by atoms with Gasteiger partial charge in [0, 0.05) is 17.2 Å². The summed E-state index contributed by atoms with van der Waals surface area (Å²) < 4.78 is 0. The third-order valence-corrected chi connectivity index (χ3v) is 3.23. The van der Waals surface area contributed by atoms with Crippen LogP contribution in [-0.4, -0.2) is 16.7 Å². The molecule has 0 saturated carbocycles. The summed E-state index contributed by atoms with van der Waals surface area (Å²) in [7, 11) is 0. The van der Waals surface area contributed by atoms with E-state index in [0.29, 0.717) is 5.02 Å². The summed E-state index contributed by atoms with van der Waals surface area (Å²) in [5, 5.41) is 0.546. The molecule has 0 aliphatic carbocycles. The van der Waals surface area contributed by atoms with Crippen molar-refractivity contribution in [2.45, 2.75) is 19.4 Å². The first-order chi connectivity index (χ1) is 7.94. The molecular formula is C13H12ClNO2. The Bertz CT molecular complexity index is 502. The molecule has 0 radical (unpaired) electrons. The van der Waals surface area contributed by atoms with Gasteiger partial charge in [-0.25, -0.2) is 0 Å². The van der Waals surface area contributed by atoms with Crippen LogP contribution in [0.25, 0.3) is 0 Å². The van der Waals surface area contributed by atoms with Gasteiger partial charge in [0.2, 0.25) is 0 Å². The topological polar surface area (TPSA) is 37.4 Å². The summed E-state index contributed by atoms with van der Waals surface area (Å²) >= 11 is 6.11. The van der Waals surface area contributed by atoms with Crippen LogP contribution < -0.4 is 0 Å². The maximum Gasteiger partial charge on any atom is 0.254 e. The van der Waals surface area contributed by atoms with E-state index in [1.165, 1.54) is 17.1 Å². The Morgan fingerprint density at radius 1 is 1.06 bits per heavy atom. The zero-order valence-electron chi connectivity index (χ0n) is 9.61. The third-order valence-electron chi connectivity index (χ3n) is 2.90. The molecule has 1 aromatic carbocycles. The quantitative estimate of drug-likeness (QED) is 0.756. The summed E-state index contributed by atoms with van der Waals surface area (Å²) in [5.41, 5.74) is 0.00258. The molecule has 3 nitrogen and oxygen atoms in total. The Labute approximate surface area is 105 Å². The second-order valence-corrected chi connectivity index (χ2v) is 4.79. The average Bonchev–Trinajstić information content (AvgIpc) is 2.59.